The quantitative estimate of drug-likeness (QED) is 0.825. The number of halogens is 2. The third-order valence-corrected chi connectivity index (χ3v) is 2.16. The van der Waals surface area contributed by atoms with E-state index in [4.69, 9.17) is 16.3 Å². The molecule has 0 aliphatic rings. The lowest BCUT2D eigenvalue weighted by molar-refractivity contribution is 0.0781. The molecule has 1 aromatic rings. The molecule has 0 unspecified atom stereocenters. The van der Waals surface area contributed by atoms with Gasteiger partial charge in [0.15, 0.2) is 16.3 Å². The van der Waals surface area contributed by atoms with Gasteiger partial charge >= 0.3 is 5.97 Å². The summed E-state index contributed by atoms with van der Waals surface area (Å²) in [5, 5.41) is 0.245. The van der Waals surface area contributed by atoms with E-state index >= 15 is 0 Å². The summed E-state index contributed by atoms with van der Waals surface area (Å²) in [5.74, 6) is -0.110. The number of rotatable bonds is 2. The van der Waals surface area contributed by atoms with Crippen LogP contribution < -0.4 is 4.74 Å². The minimum Gasteiger partial charge on any atom is -0.495 e. The van der Waals surface area contributed by atoms with Gasteiger partial charge in [0.05, 0.1) is 17.7 Å². The normalized spacial score (nSPS) is 9.46. The van der Waals surface area contributed by atoms with Crippen molar-refractivity contribution in [2.24, 2.45) is 0 Å². The molecule has 0 aliphatic heterocycles. The molecule has 0 saturated heterocycles. The zero-order chi connectivity index (χ0) is 9.84. The van der Waals surface area contributed by atoms with Crippen LogP contribution in [0.15, 0.2) is 18.2 Å². The highest BCUT2D eigenvalue weighted by molar-refractivity contribution is 9.06. The van der Waals surface area contributed by atoms with E-state index in [1.165, 1.54) is 7.11 Å². The molecule has 1 rings (SSSR count). The summed E-state index contributed by atoms with van der Waals surface area (Å²) in [6.07, 6.45) is 0. The summed E-state index contributed by atoms with van der Waals surface area (Å²) in [7, 11) is 1.48. The van der Waals surface area contributed by atoms with Crippen molar-refractivity contribution in [3.05, 3.63) is 28.8 Å². The van der Waals surface area contributed by atoms with E-state index in [0.717, 1.165) is 0 Å². The topological polar surface area (TPSA) is 35.5 Å². The molecule has 0 aliphatic carbocycles. The van der Waals surface area contributed by atoms with E-state index < -0.39 is 5.97 Å². The zero-order valence-corrected chi connectivity index (χ0v) is 9.05. The van der Waals surface area contributed by atoms with Crippen LogP contribution in [0.1, 0.15) is 10.4 Å². The van der Waals surface area contributed by atoms with Gasteiger partial charge in [0.25, 0.3) is 0 Å². The average molecular weight is 265 g/mol. The molecule has 70 valence electrons. The van der Waals surface area contributed by atoms with Gasteiger partial charge in [-0.1, -0.05) is 17.7 Å². The van der Waals surface area contributed by atoms with Gasteiger partial charge in [0, 0.05) is 0 Å². The highest BCUT2D eigenvalue weighted by atomic mass is 79.9. The smallest absolute Gasteiger partial charge is 0.351 e. The van der Waals surface area contributed by atoms with Crippen molar-refractivity contribution in [2.75, 3.05) is 7.11 Å². The zero-order valence-electron chi connectivity index (χ0n) is 6.71. The Balaban J connectivity index is 3.15. The molecule has 0 radical (unpaired) electrons. The lowest BCUT2D eigenvalue weighted by Crippen LogP contribution is -1.99. The summed E-state index contributed by atoms with van der Waals surface area (Å²) in [4.78, 5) is 11.1. The van der Waals surface area contributed by atoms with Gasteiger partial charge in [-0.15, -0.1) is 0 Å². The van der Waals surface area contributed by atoms with Gasteiger partial charge in [-0.3, -0.25) is 0 Å². The summed E-state index contributed by atoms with van der Waals surface area (Å²) < 4.78 is 9.28. The van der Waals surface area contributed by atoms with Crippen LogP contribution in [0.4, 0.5) is 0 Å². The Labute approximate surface area is 89.0 Å². The second-order valence-corrected chi connectivity index (χ2v) is 2.89. The molecular formula is C8H6BrClO3. The van der Waals surface area contributed by atoms with Crippen molar-refractivity contribution < 1.29 is 13.4 Å². The number of carbonyl (C=O) groups is 1. The Morgan fingerprint density at radius 2 is 2.23 bits per heavy atom. The van der Waals surface area contributed by atoms with Crippen LogP contribution in [0.2, 0.25) is 5.02 Å². The van der Waals surface area contributed by atoms with E-state index in [-0.39, 0.29) is 10.6 Å². The molecule has 0 atom stereocenters. The molecule has 5 heteroatoms. The van der Waals surface area contributed by atoms with Crippen molar-refractivity contribution in [2.45, 2.75) is 0 Å². The molecule has 13 heavy (non-hydrogen) atoms. The molecule has 0 amide bonds. The summed E-state index contributed by atoms with van der Waals surface area (Å²) in [5.41, 5.74) is 0.262. The third kappa shape index (κ3) is 2.14. The van der Waals surface area contributed by atoms with Crippen LogP contribution in [-0.2, 0) is 3.83 Å². The lowest BCUT2D eigenvalue weighted by atomic mass is 10.2. The molecule has 0 N–H and O–H groups in total. The first-order valence-electron chi connectivity index (χ1n) is 3.36. The van der Waals surface area contributed by atoms with Crippen molar-refractivity contribution in [1.82, 2.24) is 0 Å². The van der Waals surface area contributed by atoms with Crippen LogP contribution in [0.25, 0.3) is 0 Å². The maximum atomic E-state index is 11.1. The number of methoxy groups -OCH3 is 1. The predicted octanol–water partition coefficient (Wildman–Crippen LogP) is 2.82. The second-order valence-electron chi connectivity index (χ2n) is 2.19. The predicted molar refractivity (Wildman–Crippen MR) is 52.3 cm³/mol. The number of benzene rings is 1. The molecular weight excluding hydrogens is 259 g/mol. The van der Waals surface area contributed by atoms with Crippen LogP contribution in [0, 0.1) is 0 Å². The SMILES string of the molecule is COc1cccc(C(=O)OBr)c1Cl. The number of hydrogen-bond donors (Lipinski definition) is 0. The van der Waals surface area contributed by atoms with Crippen LogP contribution in [-0.4, -0.2) is 13.1 Å². The minimum absolute atomic E-state index is 0.245. The van der Waals surface area contributed by atoms with Crippen molar-refractivity contribution in [3.8, 4) is 5.75 Å². The number of ether oxygens (including phenoxy) is 1. The third-order valence-electron chi connectivity index (χ3n) is 1.47. The average Bonchev–Trinajstić information content (AvgIpc) is 2.17. The van der Waals surface area contributed by atoms with E-state index in [1.807, 2.05) is 0 Å². The Morgan fingerprint density at radius 3 is 2.77 bits per heavy atom. The number of hydrogen-bond acceptors (Lipinski definition) is 3. The molecule has 0 spiro atoms. The van der Waals surface area contributed by atoms with Gasteiger partial charge in [0.2, 0.25) is 0 Å². The summed E-state index contributed by atoms with van der Waals surface area (Å²) >= 11 is 8.42. The van der Waals surface area contributed by atoms with E-state index in [2.05, 4.69) is 20.1 Å². The fourth-order valence-electron chi connectivity index (χ4n) is 0.868. The van der Waals surface area contributed by atoms with Crippen LogP contribution in [0.3, 0.4) is 0 Å². The lowest BCUT2D eigenvalue weighted by Gasteiger charge is -2.05. The van der Waals surface area contributed by atoms with Gasteiger partial charge in [-0.05, 0) is 12.1 Å². The molecule has 0 heterocycles. The van der Waals surface area contributed by atoms with Gasteiger partial charge < -0.3 is 8.57 Å². The Kier molecular flexibility index (Phi) is 3.57. The van der Waals surface area contributed by atoms with Crippen LogP contribution in [0.5, 0.6) is 5.75 Å². The van der Waals surface area contributed by atoms with Crippen LogP contribution >= 0.6 is 27.9 Å². The molecule has 0 bridgehead atoms. The molecule has 0 saturated carbocycles. The summed E-state index contributed by atoms with van der Waals surface area (Å²) in [6.45, 7) is 0. The fraction of sp³-hybridized carbons (Fsp3) is 0.125. The minimum atomic E-state index is -0.552. The second kappa shape index (κ2) is 4.48. The van der Waals surface area contributed by atoms with Crippen molar-refractivity contribution >= 4 is 33.8 Å². The summed E-state index contributed by atoms with van der Waals surface area (Å²) in [6, 6.07) is 4.87. The molecule has 0 fully saturated rings. The van der Waals surface area contributed by atoms with Gasteiger partial charge in [-0.2, -0.15) is 0 Å². The largest absolute Gasteiger partial charge is 0.495 e. The first-order chi connectivity index (χ1) is 6.20. The molecule has 1 aromatic carbocycles. The monoisotopic (exact) mass is 264 g/mol. The first kappa shape index (κ1) is 10.3. The van der Waals surface area contributed by atoms with Gasteiger partial charge in [0.1, 0.15) is 5.75 Å². The van der Waals surface area contributed by atoms with Gasteiger partial charge in [-0.25, -0.2) is 4.79 Å². The van der Waals surface area contributed by atoms with Crippen molar-refractivity contribution in [3.63, 3.8) is 0 Å². The highest BCUT2D eigenvalue weighted by Crippen LogP contribution is 2.28. The standard InChI is InChI=1S/C8H6BrClO3/c1-12-6-4-2-3-5(7(6)10)8(11)13-9/h2-4H,1H3. The Morgan fingerprint density at radius 1 is 1.54 bits per heavy atom. The maximum absolute atomic E-state index is 11.1. The van der Waals surface area contributed by atoms with Crippen molar-refractivity contribution in [1.29, 1.82) is 0 Å². The molecule has 0 aromatic heterocycles. The first-order valence-corrected chi connectivity index (χ1v) is 4.38. The Hall–Kier alpha value is -0.740. The molecule has 3 nitrogen and oxygen atoms in total. The van der Waals surface area contributed by atoms with E-state index in [1.54, 1.807) is 18.2 Å². The number of carbonyl (C=O) groups excluding carboxylic acids is 1. The van der Waals surface area contributed by atoms with E-state index in [0.29, 0.717) is 5.75 Å². The fourth-order valence-corrected chi connectivity index (χ4v) is 1.32. The Bertz CT molecular complexity index is 327. The van der Waals surface area contributed by atoms with E-state index in [9.17, 15) is 4.79 Å². The maximum Gasteiger partial charge on any atom is 0.351 e. The highest BCUT2D eigenvalue weighted by Gasteiger charge is 2.14.